The molecule has 0 spiro atoms. The quantitative estimate of drug-likeness (QED) is 0.868. The van der Waals surface area contributed by atoms with Gasteiger partial charge in [0.05, 0.1) is 0 Å². The predicted molar refractivity (Wildman–Crippen MR) is 63.8 cm³/mol. The van der Waals surface area contributed by atoms with E-state index >= 15 is 0 Å². The van der Waals surface area contributed by atoms with Gasteiger partial charge in [-0.3, -0.25) is 0 Å². The average Bonchev–Trinajstić information content (AvgIpc) is 2.85. The van der Waals surface area contributed by atoms with Crippen LogP contribution in [0.2, 0.25) is 0 Å². The van der Waals surface area contributed by atoms with Gasteiger partial charge < -0.3 is 4.98 Å². The van der Waals surface area contributed by atoms with Crippen LogP contribution in [0.15, 0.2) is 35.5 Å². The number of aromatic amines is 1. The first-order valence-corrected chi connectivity index (χ1v) is 6.90. The second kappa shape index (κ2) is 5.45. The van der Waals surface area contributed by atoms with E-state index in [9.17, 15) is 17.2 Å². The molecule has 0 bridgehead atoms. The van der Waals surface area contributed by atoms with Gasteiger partial charge in [-0.1, -0.05) is 0 Å². The summed E-state index contributed by atoms with van der Waals surface area (Å²) in [6, 6.07) is 2.28. The zero-order chi connectivity index (χ0) is 13.9. The number of halogens is 2. The number of hydrogen-bond acceptors (Lipinski definition) is 3. The van der Waals surface area contributed by atoms with E-state index in [2.05, 4.69) is 14.7 Å². The van der Waals surface area contributed by atoms with Gasteiger partial charge in [-0.05, 0) is 18.2 Å². The topological polar surface area (TPSA) is 74.8 Å². The second-order valence-corrected chi connectivity index (χ2v) is 5.49. The molecule has 0 aliphatic rings. The molecule has 0 aliphatic heterocycles. The summed E-state index contributed by atoms with van der Waals surface area (Å²) in [4.78, 5) is 6.02. The summed E-state index contributed by atoms with van der Waals surface area (Å²) in [5.41, 5.74) is 0. The van der Waals surface area contributed by atoms with E-state index in [1.54, 1.807) is 6.20 Å². The Balaban J connectivity index is 2.07. The van der Waals surface area contributed by atoms with Crippen molar-refractivity contribution in [1.29, 1.82) is 0 Å². The summed E-state index contributed by atoms with van der Waals surface area (Å²) in [5.74, 6) is -1.21. The van der Waals surface area contributed by atoms with Crippen LogP contribution >= 0.6 is 0 Å². The fourth-order valence-corrected chi connectivity index (χ4v) is 2.62. The second-order valence-electron chi connectivity index (χ2n) is 3.76. The molecule has 102 valence electrons. The van der Waals surface area contributed by atoms with Crippen molar-refractivity contribution >= 4 is 10.0 Å². The van der Waals surface area contributed by atoms with Crippen LogP contribution in [0.25, 0.3) is 0 Å². The van der Waals surface area contributed by atoms with Gasteiger partial charge in [0.1, 0.15) is 22.4 Å². The highest BCUT2D eigenvalue weighted by Gasteiger charge is 2.19. The number of aromatic nitrogens is 2. The molecule has 0 unspecified atom stereocenters. The third kappa shape index (κ3) is 3.36. The summed E-state index contributed by atoms with van der Waals surface area (Å²) < 4.78 is 52.1. The van der Waals surface area contributed by atoms with Gasteiger partial charge in [0.25, 0.3) is 0 Å². The molecule has 8 heteroatoms. The zero-order valence-corrected chi connectivity index (χ0v) is 10.5. The van der Waals surface area contributed by atoms with E-state index in [1.807, 2.05) is 0 Å². The molecule has 1 aromatic heterocycles. The lowest BCUT2D eigenvalue weighted by atomic mass is 10.3. The Bertz CT molecular complexity index is 657. The van der Waals surface area contributed by atoms with Crippen molar-refractivity contribution in [2.75, 3.05) is 6.54 Å². The molecule has 0 fully saturated rings. The molecule has 0 amide bonds. The molecule has 2 aromatic rings. The summed E-state index contributed by atoms with van der Waals surface area (Å²) in [7, 11) is -4.07. The zero-order valence-electron chi connectivity index (χ0n) is 9.73. The molecule has 0 saturated heterocycles. The number of nitrogens with zero attached hydrogens (tertiary/aromatic N) is 1. The lowest BCUT2D eigenvalue weighted by Crippen LogP contribution is -2.27. The maximum absolute atomic E-state index is 13.4. The van der Waals surface area contributed by atoms with Gasteiger partial charge >= 0.3 is 0 Å². The molecule has 19 heavy (non-hydrogen) atoms. The standard InChI is InChI=1S/C11H11F2N3O2S/c12-8-1-2-9(13)10(7-8)19(17,18)16-4-3-11-14-5-6-15-11/h1-2,5-7,16H,3-4H2,(H,14,15). The minimum absolute atomic E-state index is 0.0335. The molecular weight excluding hydrogens is 276 g/mol. The lowest BCUT2D eigenvalue weighted by Gasteiger charge is -2.07. The van der Waals surface area contributed by atoms with Crippen molar-refractivity contribution in [3.8, 4) is 0 Å². The summed E-state index contributed by atoms with van der Waals surface area (Å²) >= 11 is 0. The van der Waals surface area contributed by atoms with Crippen molar-refractivity contribution < 1.29 is 17.2 Å². The van der Waals surface area contributed by atoms with Crippen LogP contribution in [0.5, 0.6) is 0 Å². The van der Waals surface area contributed by atoms with Gasteiger partial charge in [0.15, 0.2) is 0 Å². The Morgan fingerprint density at radius 3 is 2.79 bits per heavy atom. The summed E-state index contributed by atoms with van der Waals surface area (Å²) in [6.07, 6.45) is 3.47. The first-order chi connectivity index (χ1) is 8.99. The third-order valence-electron chi connectivity index (χ3n) is 2.39. The van der Waals surface area contributed by atoms with Crippen LogP contribution in [-0.2, 0) is 16.4 Å². The van der Waals surface area contributed by atoms with Crippen LogP contribution in [0.3, 0.4) is 0 Å². The normalized spacial score (nSPS) is 11.7. The van der Waals surface area contributed by atoms with Crippen molar-refractivity contribution in [1.82, 2.24) is 14.7 Å². The van der Waals surface area contributed by atoms with Crippen molar-refractivity contribution in [2.24, 2.45) is 0 Å². The van der Waals surface area contributed by atoms with E-state index < -0.39 is 26.6 Å². The number of imidazole rings is 1. The van der Waals surface area contributed by atoms with Gasteiger partial charge in [0, 0.05) is 25.4 Å². The Hall–Kier alpha value is -1.80. The van der Waals surface area contributed by atoms with Crippen LogP contribution in [0.1, 0.15) is 5.82 Å². The van der Waals surface area contributed by atoms with Gasteiger partial charge in [0.2, 0.25) is 10.0 Å². The van der Waals surface area contributed by atoms with Gasteiger partial charge in [-0.2, -0.15) is 0 Å². The molecule has 0 atom stereocenters. The van der Waals surface area contributed by atoms with Crippen molar-refractivity contribution in [3.05, 3.63) is 48.1 Å². The van der Waals surface area contributed by atoms with Crippen LogP contribution in [0.4, 0.5) is 8.78 Å². The van der Waals surface area contributed by atoms with Gasteiger partial charge in [-0.25, -0.2) is 26.9 Å². The largest absolute Gasteiger partial charge is 0.349 e. The SMILES string of the molecule is O=S(=O)(NCCc1ncc[nH]1)c1cc(F)ccc1F. The first-order valence-electron chi connectivity index (χ1n) is 5.42. The first kappa shape index (κ1) is 13.6. The van der Waals surface area contributed by atoms with E-state index in [-0.39, 0.29) is 6.54 Å². The smallest absolute Gasteiger partial charge is 0.243 e. The van der Waals surface area contributed by atoms with Crippen LogP contribution < -0.4 is 4.72 Å². The van der Waals surface area contributed by atoms with Crippen molar-refractivity contribution in [2.45, 2.75) is 11.3 Å². The molecule has 2 rings (SSSR count). The molecule has 0 saturated carbocycles. The molecule has 1 aromatic carbocycles. The number of nitrogens with one attached hydrogen (secondary N) is 2. The van der Waals surface area contributed by atoms with Crippen LogP contribution in [0, 0.1) is 11.6 Å². The lowest BCUT2D eigenvalue weighted by molar-refractivity contribution is 0.545. The van der Waals surface area contributed by atoms with Crippen LogP contribution in [-0.4, -0.2) is 24.9 Å². The Labute approximate surface area is 108 Å². The maximum atomic E-state index is 13.4. The molecule has 5 nitrogen and oxygen atoms in total. The monoisotopic (exact) mass is 287 g/mol. The van der Waals surface area contributed by atoms with Gasteiger partial charge in [-0.15, -0.1) is 0 Å². The van der Waals surface area contributed by atoms with E-state index in [1.165, 1.54) is 6.20 Å². The number of rotatable bonds is 5. The highest BCUT2D eigenvalue weighted by Crippen LogP contribution is 2.15. The fourth-order valence-electron chi connectivity index (χ4n) is 1.50. The fraction of sp³-hybridized carbons (Fsp3) is 0.182. The molecule has 2 N–H and O–H groups in total. The molecule has 0 radical (unpaired) electrons. The number of benzene rings is 1. The summed E-state index contributed by atoms with van der Waals surface area (Å²) in [5, 5.41) is 0. The minimum Gasteiger partial charge on any atom is -0.349 e. The number of H-pyrrole nitrogens is 1. The highest BCUT2D eigenvalue weighted by molar-refractivity contribution is 7.89. The predicted octanol–water partition coefficient (Wildman–Crippen LogP) is 1.21. The molecular formula is C11H11F2N3O2S. The highest BCUT2D eigenvalue weighted by atomic mass is 32.2. The molecule has 1 heterocycles. The minimum atomic E-state index is -4.07. The average molecular weight is 287 g/mol. The van der Waals surface area contributed by atoms with E-state index in [0.717, 1.165) is 12.1 Å². The maximum Gasteiger partial charge on any atom is 0.243 e. The number of hydrogen-bond donors (Lipinski definition) is 2. The van der Waals surface area contributed by atoms with E-state index in [0.29, 0.717) is 18.3 Å². The summed E-state index contributed by atoms with van der Waals surface area (Å²) in [6.45, 7) is 0.0335. The van der Waals surface area contributed by atoms with Crippen molar-refractivity contribution in [3.63, 3.8) is 0 Å². The Morgan fingerprint density at radius 2 is 2.11 bits per heavy atom. The molecule has 0 aliphatic carbocycles. The number of sulfonamides is 1. The Morgan fingerprint density at radius 1 is 1.32 bits per heavy atom. The third-order valence-corrected chi connectivity index (χ3v) is 3.87. The van der Waals surface area contributed by atoms with E-state index in [4.69, 9.17) is 0 Å². The Kier molecular flexibility index (Phi) is 3.91.